The number of benzene rings is 1. The Balaban J connectivity index is 1.82. The molecule has 102 valence electrons. The largest absolute Gasteiger partial charge is 0.481 e. The van der Waals surface area contributed by atoms with Gasteiger partial charge in [0.2, 0.25) is 0 Å². The van der Waals surface area contributed by atoms with Gasteiger partial charge in [0.1, 0.15) is 0 Å². The van der Waals surface area contributed by atoms with Gasteiger partial charge in [0.15, 0.2) is 0 Å². The summed E-state index contributed by atoms with van der Waals surface area (Å²) in [7, 11) is 0. The predicted molar refractivity (Wildman–Crippen MR) is 75.5 cm³/mol. The van der Waals surface area contributed by atoms with Gasteiger partial charge in [-0.25, -0.2) is 0 Å². The summed E-state index contributed by atoms with van der Waals surface area (Å²) >= 11 is 0. The van der Waals surface area contributed by atoms with Gasteiger partial charge < -0.3 is 10.0 Å². The number of fused-ring (bicyclic) bond motifs is 1. The minimum absolute atomic E-state index is 0.280. The topological polar surface area (TPSA) is 40.5 Å². The quantitative estimate of drug-likeness (QED) is 0.902. The molecule has 0 radical (unpaired) electrons. The van der Waals surface area contributed by atoms with Crippen LogP contribution in [0, 0.1) is 0 Å². The van der Waals surface area contributed by atoms with Crippen LogP contribution in [0.4, 0.5) is 5.69 Å². The van der Waals surface area contributed by atoms with Gasteiger partial charge in [-0.05, 0) is 37.3 Å². The van der Waals surface area contributed by atoms with Crippen LogP contribution in [-0.4, -0.2) is 23.2 Å². The molecule has 19 heavy (non-hydrogen) atoms. The van der Waals surface area contributed by atoms with Gasteiger partial charge in [-0.2, -0.15) is 0 Å². The number of hydrogen-bond acceptors (Lipinski definition) is 2. The van der Waals surface area contributed by atoms with Crippen molar-refractivity contribution in [1.82, 2.24) is 0 Å². The highest BCUT2D eigenvalue weighted by Crippen LogP contribution is 2.39. The molecule has 3 nitrogen and oxygen atoms in total. The second-order valence-electron chi connectivity index (χ2n) is 5.76. The lowest BCUT2D eigenvalue weighted by atomic mass is 10.0. The number of carboxylic acids is 1. The minimum atomic E-state index is -0.678. The van der Waals surface area contributed by atoms with E-state index in [9.17, 15) is 4.79 Å². The molecule has 0 spiro atoms. The van der Waals surface area contributed by atoms with Crippen molar-refractivity contribution in [3.63, 3.8) is 0 Å². The third-order valence-electron chi connectivity index (χ3n) is 4.53. The lowest BCUT2D eigenvalue weighted by molar-refractivity contribution is -0.137. The molecule has 1 aliphatic carbocycles. The number of para-hydroxylation sites is 1. The van der Waals surface area contributed by atoms with Crippen molar-refractivity contribution in [2.45, 2.75) is 57.0 Å². The number of nitrogens with zero attached hydrogens (tertiary/aromatic N) is 1. The molecule has 0 amide bonds. The average molecular weight is 259 g/mol. The Morgan fingerprint density at radius 2 is 2.00 bits per heavy atom. The molecule has 3 heteroatoms. The molecule has 1 fully saturated rings. The number of rotatable bonds is 4. The van der Waals surface area contributed by atoms with E-state index < -0.39 is 5.97 Å². The van der Waals surface area contributed by atoms with Crippen LogP contribution in [0.5, 0.6) is 0 Å². The maximum Gasteiger partial charge on any atom is 0.303 e. The molecule has 1 atom stereocenters. The molecule has 1 aromatic rings. The number of aliphatic carboxylic acids is 1. The highest BCUT2D eigenvalue weighted by molar-refractivity contribution is 5.67. The number of anilines is 1. The third kappa shape index (κ3) is 2.46. The van der Waals surface area contributed by atoms with Crippen LogP contribution < -0.4 is 4.90 Å². The molecule has 1 unspecified atom stereocenters. The molecule has 3 rings (SSSR count). The summed E-state index contributed by atoms with van der Waals surface area (Å²) in [5.74, 6) is -0.678. The second-order valence-corrected chi connectivity index (χ2v) is 5.76. The first-order valence-corrected chi connectivity index (χ1v) is 7.34. The summed E-state index contributed by atoms with van der Waals surface area (Å²) < 4.78 is 0. The van der Waals surface area contributed by atoms with Crippen LogP contribution in [0.3, 0.4) is 0 Å². The van der Waals surface area contributed by atoms with Crippen LogP contribution >= 0.6 is 0 Å². The SMILES string of the molecule is O=C(O)CCC1Cc2ccccc2N1C1CCCC1. The van der Waals surface area contributed by atoms with Crippen LogP contribution in [0.25, 0.3) is 0 Å². The zero-order chi connectivity index (χ0) is 13.2. The fourth-order valence-corrected chi connectivity index (χ4v) is 3.69. The molecular formula is C16H21NO2. The number of hydrogen-bond donors (Lipinski definition) is 1. The highest BCUT2D eigenvalue weighted by atomic mass is 16.4. The molecule has 1 heterocycles. The maximum absolute atomic E-state index is 10.8. The first-order valence-electron chi connectivity index (χ1n) is 7.34. The predicted octanol–water partition coefficient (Wildman–Crippen LogP) is 3.23. The van der Waals surface area contributed by atoms with Crippen molar-refractivity contribution in [2.24, 2.45) is 0 Å². The van der Waals surface area contributed by atoms with E-state index in [0.29, 0.717) is 12.1 Å². The van der Waals surface area contributed by atoms with Crippen LogP contribution in [0.2, 0.25) is 0 Å². The van der Waals surface area contributed by atoms with Crippen molar-refractivity contribution < 1.29 is 9.90 Å². The van der Waals surface area contributed by atoms with E-state index >= 15 is 0 Å². The second kappa shape index (κ2) is 5.24. The van der Waals surface area contributed by atoms with E-state index in [2.05, 4.69) is 29.2 Å². The molecule has 1 saturated carbocycles. The van der Waals surface area contributed by atoms with E-state index in [4.69, 9.17) is 5.11 Å². The summed E-state index contributed by atoms with van der Waals surface area (Å²) in [6.45, 7) is 0. The van der Waals surface area contributed by atoms with E-state index in [0.717, 1.165) is 12.8 Å². The smallest absolute Gasteiger partial charge is 0.303 e. The lowest BCUT2D eigenvalue weighted by Gasteiger charge is -2.33. The zero-order valence-electron chi connectivity index (χ0n) is 11.2. The Hall–Kier alpha value is -1.51. The Morgan fingerprint density at radius 3 is 2.74 bits per heavy atom. The third-order valence-corrected chi connectivity index (χ3v) is 4.53. The van der Waals surface area contributed by atoms with E-state index in [-0.39, 0.29) is 6.42 Å². The van der Waals surface area contributed by atoms with Crippen LogP contribution in [-0.2, 0) is 11.2 Å². The van der Waals surface area contributed by atoms with Crippen molar-refractivity contribution in [3.05, 3.63) is 29.8 Å². The standard InChI is InChI=1S/C16H21NO2/c18-16(19)10-9-14-11-12-5-1-4-8-15(12)17(14)13-6-2-3-7-13/h1,4-5,8,13-14H,2-3,6-7,9-11H2,(H,18,19). The van der Waals surface area contributed by atoms with Crippen LogP contribution in [0.1, 0.15) is 44.1 Å². The van der Waals surface area contributed by atoms with Crippen molar-refractivity contribution in [3.8, 4) is 0 Å². The van der Waals surface area contributed by atoms with Gasteiger partial charge in [-0.1, -0.05) is 31.0 Å². The molecule has 1 aliphatic heterocycles. The zero-order valence-corrected chi connectivity index (χ0v) is 11.2. The van der Waals surface area contributed by atoms with E-state index in [1.165, 1.54) is 36.9 Å². The summed E-state index contributed by atoms with van der Waals surface area (Å²) in [6.07, 6.45) is 7.21. The number of carbonyl (C=O) groups is 1. The molecular weight excluding hydrogens is 238 g/mol. The fraction of sp³-hybridized carbons (Fsp3) is 0.562. The van der Waals surface area contributed by atoms with Gasteiger partial charge in [0.25, 0.3) is 0 Å². The summed E-state index contributed by atoms with van der Waals surface area (Å²) in [4.78, 5) is 13.4. The number of carboxylic acid groups (broad SMARTS) is 1. The Morgan fingerprint density at radius 1 is 1.26 bits per heavy atom. The van der Waals surface area contributed by atoms with Crippen molar-refractivity contribution in [1.29, 1.82) is 0 Å². The molecule has 2 aliphatic rings. The van der Waals surface area contributed by atoms with Crippen molar-refractivity contribution in [2.75, 3.05) is 4.90 Å². The van der Waals surface area contributed by atoms with Gasteiger partial charge in [0, 0.05) is 24.2 Å². The van der Waals surface area contributed by atoms with Gasteiger partial charge in [-0.15, -0.1) is 0 Å². The minimum Gasteiger partial charge on any atom is -0.481 e. The molecule has 0 bridgehead atoms. The van der Waals surface area contributed by atoms with E-state index in [1.54, 1.807) is 0 Å². The van der Waals surface area contributed by atoms with Gasteiger partial charge in [-0.3, -0.25) is 4.79 Å². The first kappa shape index (κ1) is 12.5. The maximum atomic E-state index is 10.8. The molecule has 0 aromatic heterocycles. The fourth-order valence-electron chi connectivity index (χ4n) is 3.69. The van der Waals surface area contributed by atoms with E-state index in [1.807, 2.05) is 0 Å². The Kier molecular flexibility index (Phi) is 3.45. The summed E-state index contributed by atoms with van der Waals surface area (Å²) in [5.41, 5.74) is 2.74. The Bertz CT molecular complexity index is 466. The first-order chi connectivity index (χ1) is 9.25. The Labute approximate surface area is 114 Å². The molecule has 1 N–H and O–H groups in total. The van der Waals surface area contributed by atoms with Gasteiger partial charge >= 0.3 is 5.97 Å². The summed E-state index contributed by atoms with van der Waals surface area (Å²) in [6, 6.07) is 9.59. The molecule has 1 aromatic carbocycles. The lowest BCUT2D eigenvalue weighted by Crippen LogP contribution is -2.39. The van der Waals surface area contributed by atoms with Crippen molar-refractivity contribution >= 4 is 11.7 Å². The van der Waals surface area contributed by atoms with Crippen LogP contribution in [0.15, 0.2) is 24.3 Å². The normalized spacial score (nSPS) is 22.7. The monoisotopic (exact) mass is 259 g/mol. The van der Waals surface area contributed by atoms with Gasteiger partial charge in [0.05, 0.1) is 0 Å². The molecule has 0 saturated heterocycles. The average Bonchev–Trinajstić information content (AvgIpc) is 3.02. The summed E-state index contributed by atoms with van der Waals surface area (Å²) in [5, 5.41) is 8.92. The highest BCUT2D eigenvalue weighted by Gasteiger charge is 2.35.